The summed E-state index contributed by atoms with van der Waals surface area (Å²) < 4.78 is 10.5. The number of para-hydroxylation sites is 1. The average molecular weight is 421 g/mol. The third-order valence-electron chi connectivity index (χ3n) is 4.18. The standard InChI is InChI=1S/C22H23N5O2.CH5N/c1-28-18-11-17(12-19(13-18)29-2)15-26-27-22(23)20-5-3-4-6-21(20)25-14-16-7-9-24-10-8-16;1-2/h3-13,15,25H,14H2,1-2H3,(H2,23,27);2H2,1H3/b26-15+;. The number of nitrogens with zero attached hydrogens (tertiary/aromatic N) is 3. The molecule has 0 fully saturated rings. The Labute approximate surface area is 182 Å². The molecular formula is C23H28N6O2. The Morgan fingerprint density at radius 3 is 2.29 bits per heavy atom. The Morgan fingerprint density at radius 2 is 1.65 bits per heavy atom. The number of aromatic nitrogens is 1. The summed E-state index contributed by atoms with van der Waals surface area (Å²) in [6.45, 7) is 0.652. The fourth-order valence-electron chi connectivity index (χ4n) is 2.67. The van der Waals surface area contributed by atoms with Crippen LogP contribution in [0.2, 0.25) is 0 Å². The zero-order valence-corrected chi connectivity index (χ0v) is 17.9. The monoisotopic (exact) mass is 420 g/mol. The molecule has 31 heavy (non-hydrogen) atoms. The highest BCUT2D eigenvalue weighted by molar-refractivity contribution is 6.02. The highest BCUT2D eigenvalue weighted by Crippen LogP contribution is 2.21. The van der Waals surface area contributed by atoms with Crippen LogP contribution in [0.15, 0.2) is 77.2 Å². The summed E-state index contributed by atoms with van der Waals surface area (Å²) in [6, 6.07) is 17.1. The first-order valence-electron chi connectivity index (χ1n) is 9.59. The molecule has 8 heteroatoms. The van der Waals surface area contributed by atoms with Crippen molar-refractivity contribution < 1.29 is 9.47 Å². The van der Waals surface area contributed by atoms with Crippen molar-refractivity contribution in [3.63, 3.8) is 0 Å². The second-order valence-corrected chi connectivity index (χ2v) is 6.13. The average Bonchev–Trinajstić information content (AvgIpc) is 2.84. The minimum absolute atomic E-state index is 0.314. The van der Waals surface area contributed by atoms with Crippen molar-refractivity contribution in [1.29, 1.82) is 0 Å². The van der Waals surface area contributed by atoms with E-state index in [2.05, 4.69) is 26.2 Å². The quantitative estimate of drug-likeness (QED) is 0.293. The minimum atomic E-state index is 0.314. The third kappa shape index (κ3) is 7.13. The molecule has 0 atom stereocenters. The number of hydrogen-bond acceptors (Lipinski definition) is 7. The molecule has 8 nitrogen and oxygen atoms in total. The Kier molecular flexibility index (Phi) is 9.51. The Balaban J connectivity index is 0.00000166. The van der Waals surface area contributed by atoms with Gasteiger partial charge in [0, 0.05) is 41.8 Å². The zero-order chi connectivity index (χ0) is 22.5. The number of anilines is 1. The van der Waals surface area contributed by atoms with Gasteiger partial charge in [-0.15, -0.1) is 5.10 Å². The second-order valence-electron chi connectivity index (χ2n) is 6.13. The molecule has 0 saturated heterocycles. The van der Waals surface area contributed by atoms with Gasteiger partial charge < -0.3 is 26.3 Å². The van der Waals surface area contributed by atoms with Crippen molar-refractivity contribution >= 4 is 17.7 Å². The molecule has 0 bridgehead atoms. The molecule has 0 aliphatic heterocycles. The van der Waals surface area contributed by atoms with E-state index < -0.39 is 0 Å². The van der Waals surface area contributed by atoms with Crippen molar-refractivity contribution in [1.82, 2.24) is 4.98 Å². The minimum Gasteiger partial charge on any atom is -0.497 e. The van der Waals surface area contributed by atoms with E-state index in [0.717, 1.165) is 22.4 Å². The number of amidine groups is 1. The van der Waals surface area contributed by atoms with Crippen LogP contribution >= 0.6 is 0 Å². The van der Waals surface area contributed by atoms with Gasteiger partial charge in [0.2, 0.25) is 0 Å². The van der Waals surface area contributed by atoms with Gasteiger partial charge >= 0.3 is 0 Å². The predicted molar refractivity (Wildman–Crippen MR) is 126 cm³/mol. The fraction of sp³-hybridized carbons (Fsp3) is 0.174. The number of benzene rings is 2. The Bertz CT molecular complexity index is 984. The lowest BCUT2D eigenvalue weighted by Crippen LogP contribution is -2.15. The fourth-order valence-corrected chi connectivity index (χ4v) is 2.67. The smallest absolute Gasteiger partial charge is 0.155 e. The van der Waals surface area contributed by atoms with Gasteiger partial charge in [-0.25, -0.2) is 0 Å². The summed E-state index contributed by atoms with van der Waals surface area (Å²) in [5, 5.41) is 11.6. The maximum Gasteiger partial charge on any atom is 0.155 e. The van der Waals surface area contributed by atoms with Gasteiger partial charge in [0.25, 0.3) is 0 Å². The van der Waals surface area contributed by atoms with E-state index in [0.29, 0.717) is 23.9 Å². The van der Waals surface area contributed by atoms with E-state index in [-0.39, 0.29) is 0 Å². The van der Waals surface area contributed by atoms with Crippen molar-refractivity contribution in [3.8, 4) is 11.5 Å². The molecule has 1 aromatic heterocycles. The highest BCUT2D eigenvalue weighted by Gasteiger charge is 2.06. The van der Waals surface area contributed by atoms with E-state index in [1.807, 2.05) is 48.5 Å². The number of ether oxygens (including phenoxy) is 2. The molecule has 0 unspecified atom stereocenters. The Hall–Kier alpha value is -3.91. The van der Waals surface area contributed by atoms with Crippen molar-refractivity contribution in [3.05, 3.63) is 83.7 Å². The van der Waals surface area contributed by atoms with Crippen LogP contribution in [0.5, 0.6) is 11.5 Å². The van der Waals surface area contributed by atoms with Gasteiger partial charge in [-0.3, -0.25) is 4.98 Å². The molecule has 0 spiro atoms. The number of nitrogens with two attached hydrogens (primary N) is 2. The maximum absolute atomic E-state index is 6.18. The third-order valence-corrected chi connectivity index (χ3v) is 4.18. The van der Waals surface area contributed by atoms with E-state index >= 15 is 0 Å². The lowest BCUT2D eigenvalue weighted by atomic mass is 10.1. The number of rotatable bonds is 8. The summed E-state index contributed by atoms with van der Waals surface area (Å²) in [6.07, 6.45) is 5.13. The first-order valence-corrected chi connectivity index (χ1v) is 9.59. The van der Waals surface area contributed by atoms with Crippen molar-refractivity contribution in [2.75, 3.05) is 26.6 Å². The van der Waals surface area contributed by atoms with Crippen LogP contribution in [0.25, 0.3) is 0 Å². The molecule has 0 radical (unpaired) electrons. The summed E-state index contributed by atoms with van der Waals surface area (Å²) in [4.78, 5) is 4.03. The maximum atomic E-state index is 6.18. The van der Waals surface area contributed by atoms with Gasteiger partial charge in [0.15, 0.2) is 5.84 Å². The molecule has 0 saturated carbocycles. The highest BCUT2D eigenvalue weighted by atomic mass is 16.5. The molecule has 0 aliphatic carbocycles. The van der Waals surface area contributed by atoms with E-state index in [4.69, 9.17) is 15.2 Å². The largest absolute Gasteiger partial charge is 0.497 e. The summed E-state index contributed by atoms with van der Waals surface area (Å²) >= 11 is 0. The van der Waals surface area contributed by atoms with E-state index in [1.165, 1.54) is 7.05 Å². The lowest BCUT2D eigenvalue weighted by Gasteiger charge is -2.11. The van der Waals surface area contributed by atoms with Crippen molar-refractivity contribution in [2.24, 2.45) is 21.7 Å². The van der Waals surface area contributed by atoms with Crippen LogP contribution < -0.4 is 26.3 Å². The van der Waals surface area contributed by atoms with E-state index in [9.17, 15) is 0 Å². The number of methoxy groups -OCH3 is 2. The molecule has 1 heterocycles. The van der Waals surface area contributed by atoms with Gasteiger partial charge in [0.1, 0.15) is 11.5 Å². The molecule has 3 aromatic rings. The second kappa shape index (κ2) is 12.6. The normalized spacial score (nSPS) is 10.9. The summed E-state index contributed by atoms with van der Waals surface area (Å²) in [5.41, 5.74) is 14.3. The summed E-state index contributed by atoms with van der Waals surface area (Å²) in [5.74, 6) is 1.66. The van der Waals surface area contributed by atoms with E-state index in [1.54, 1.807) is 38.9 Å². The van der Waals surface area contributed by atoms with Gasteiger partial charge in [-0.2, -0.15) is 5.10 Å². The topological polar surface area (TPSA) is 120 Å². The van der Waals surface area contributed by atoms with Crippen molar-refractivity contribution in [2.45, 2.75) is 6.54 Å². The first-order chi connectivity index (χ1) is 15.2. The molecule has 0 amide bonds. The number of hydrogen-bond donors (Lipinski definition) is 3. The molecule has 162 valence electrons. The van der Waals surface area contributed by atoms with Gasteiger partial charge in [-0.05, 0) is 49.0 Å². The molecule has 3 rings (SSSR count). The van der Waals surface area contributed by atoms with Crippen LogP contribution in [0, 0.1) is 0 Å². The number of nitrogens with one attached hydrogen (secondary N) is 1. The van der Waals surface area contributed by atoms with Crippen LogP contribution in [0.1, 0.15) is 16.7 Å². The van der Waals surface area contributed by atoms with Gasteiger partial charge in [-0.1, -0.05) is 12.1 Å². The molecular weight excluding hydrogens is 392 g/mol. The van der Waals surface area contributed by atoms with Crippen LogP contribution in [-0.4, -0.2) is 38.3 Å². The SMILES string of the molecule is CN.COc1cc(/C=N/N=C(\N)c2ccccc2NCc2ccncc2)cc(OC)c1. The lowest BCUT2D eigenvalue weighted by molar-refractivity contribution is 0.394. The van der Waals surface area contributed by atoms with Crippen LogP contribution in [-0.2, 0) is 6.54 Å². The Morgan fingerprint density at radius 1 is 1.00 bits per heavy atom. The predicted octanol–water partition coefficient (Wildman–Crippen LogP) is 3.03. The summed E-state index contributed by atoms with van der Waals surface area (Å²) in [7, 11) is 4.70. The van der Waals surface area contributed by atoms with Crippen LogP contribution in [0.4, 0.5) is 5.69 Å². The molecule has 0 aliphatic rings. The first kappa shape index (κ1) is 23.4. The zero-order valence-electron chi connectivity index (χ0n) is 17.9. The van der Waals surface area contributed by atoms with Crippen LogP contribution in [0.3, 0.4) is 0 Å². The van der Waals surface area contributed by atoms with Gasteiger partial charge in [0.05, 0.1) is 20.4 Å². The molecule has 2 aromatic carbocycles. The molecule has 5 N–H and O–H groups in total. The number of pyridine rings is 1.